The molecule has 2 N–H and O–H groups in total. The minimum atomic E-state index is -3.25. The van der Waals surface area contributed by atoms with Crippen molar-refractivity contribution in [2.24, 2.45) is 5.73 Å². The third-order valence-electron chi connectivity index (χ3n) is 1.77. The molecule has 1 atom stereocenters. The lowest BCUT2D eigenvalue weighted by molar-refractivity contribution is 0.388. The Kier molecular flexibility index (Phi) is 2.77. The lowest BCUT2D eigenvalue weighted by Crippen LogP contribution is -2.07. The van der Waals surface area contributed by atoms with Gasteiger partial charge in [0.25, 0.3) is 0 Å². The molecule has 0 aliphatic carbocycles. The zero-order chi connectivity index (χ0) is 10.1. The van der Waals surface area contributed by atoms with Gasteiger partial charge in [-0.05, 0) is 18.6 Å². The zero-order valence-corrected chi connectivity index (χ0v) is 8.47. The molecule has 0 bridgehead atoms. The Bertz CT molecular complexity index is 380. The predicted molar refractivity (Wildman–Crippen MR) is 49.0 cm³/mol. The Morgan fingerprint density at radius 3 is 2.54 bits per heavy atom. The van der Waals surface area contributed by atoms with Crippen LogP contribution in [0.3, 0.4) is 0 Å². The van der Waals surface area contributed by atoms with E-state index in [9.17, 15) is 8.42 Å². The van der Waals surface area contributed by atoms with Gasteiger partial charge in [0.05, 0.1) is 6.04 Å². The summed E-state index contributed by atoms with van der Waals surface area (Å²) in [6, 6.07) is 2.81. The van der Waals surface area contributed by atoms with Gasteiger partial charge in [0, 0.05) is 6.26 Å². The molecule has 1 aromatic rings. The monoisotopic (exact) mass is 203 g/mol. The van der Waals surface area contributed by atoms with Crippen LogP contribution in [-0.4, -0.2) is 14.7 Å². The molecule has 1 unspecified atom stereocenters. The predicted octanol–water partition coefficient (Wildman–Crippen LogP) is 1.09. The third kappa shape index (κ3) is 2.32. The summed E-state index contributed by atoms with van der Waals surface area (Å²) < 4.78 is 27.1. The van der Waals surface area contributed by atoms with Crippen molar-refractivity contribution in [3.05, 3.63) is 17.9 Å². The standard InChI is InChI=1S/C8H13NO3S/c1-3-6(9)7-4-5-8(12-7)13(2,10)11/h4-6H,3,9H2,1-2H3. The molecule has 0 spiro atoms. The molecule has 0 saturated heterocycles. The van der Waals surface area contributed by atoms with Gasteiger partial charge >= 0.3 is 0 Å². The SMILES string of the molecule is CCC(N)c1ccc(S(C)(=O)=O)o1. The average molecular weight is 203 g/mol. The van der Waals surface area contributed by atoms with Gasteiger partial charge in [-0.25, -0.2) is 8.42 Å². The lowest BCUT2D eigenvalue weighted by atomic mass is 10.2. The topological polar surface area (TPSA) is 73.3 Å². The van der Waals surface area contributed by atoms with Crippen molar-refractivity contribution < 1.29 is 12.8 Å². The van der Waals surface area contributed by atoms with Gasteiger partial charge in [0.1, 0.15) is 5.76 Å². The van der Waals surface area contributed by atoms with E-state index in [1.807, 2.05) is 6.92 Å². The van der Waals surface area contributed by atoms with Gasteiger partial charge in [-0.1, -0.05) is 6.92 Å². The van der Waals surface area contributed by atoms with Gasteiger partial charge in [0.2, 0.25) is 14.9 Å². The van der Waals surface area contributed by atoms with Crippen molar-refractivity contribution >= 4 is 9.84 Å². The van der Waals surface area contributed by atoms with Crippen molar-refractivity contribution in [1.29, 1.82) is 0 Å². The minimum absolute atomic E-state index is 0.0219. The second kappa shape index (κ2) is 3.51. The van der Waals surface area contributed by atoms with Crippen molar-refractivity contribution in [3.8, 4) is 0 Å². The lowest BCUT2D eigenvalue weighted by Gasteiger charge is -2.02. The van der Waals surface area contributed by atoms with Crippen molar-refractivity contribution in [2.45, 2.75) is 24.5 Å². The Balaban J connectivity index is 3.00. The number of nitrogens with two attached hydrogens (primary N) is 1. The summed E-state index contributed by atoms with van der Waals surface area (Å²) in [5.74, 6) is 0.517. The maximum absolute atomic E-state index is 11.0. The van der Waals surface area contributed by atoms with Crippen molar-refractivity contribution in [1.82, 2.24) is 0 Å². The molecule has 13 heavy (non-hydrogen) atoms. The normalized spacial score (nSPS) is 14.4. The molecule has 74 valence electrons. The van der Waals surface area contributed by atoms with Crippen LogP contribution in [0.4, 0.5) is 0 Å². The Morgan fingerprint density at radius 2 is 2.15 bits per heavy atom. The van der Waals surface area contributed by atoms with Crippen LogP contribution >= 0.6 is 0 Å². The highest BCUT2D eigenvalue weighted by molar-refractivity contribution is 7.90. The first-order valence-electron chi connectivity index (χ1n) is 4.00. The molecule has 0 aliphatic heterocycles. The summed E-state index contributed by atoms with van der Waals surface area (Å²) >= 11 is 0. The second-order valence-corrected chi connectivity index (χ2v) is 4.89. The summed E-state index contributed by atoms with van der Waals surface area (Å²) in [4.78, 5) is 0. The molecule has 0 amide bonds. The number of furan rings is 1. The highest BCUT2D eigenvalue weighted by Crippen LogP contribution is 2.19. The van der Waals surface area contributed by atoms with Gasteiger partial charge in [-0.2, -0.15) is 0 Å². The van der Waals surface area contributed by atoms with Crippen LogP contribution in [0.15, 0.2) is 21.6 Å². The summed E-state index contributed by atoms with van der Waals surface area (Å²) in [6.45, 7) is 1.91. The van der Waals surface area contributed by atoms with E-state index in [1.165, 1.54) is 6.07 Å². The number of hydrogen-bond donors (Lipinski definition) is 1. The Hall–Kier alpha value is -0.810. The molecule has 0 aromatic carbocycles. The van der Waals surface area contributed by atoms with E-state index in [-0.39, 0.29) is 11.1 Å². The van der Waals surface area contributed by atoms with Gasteiger partial charge in [-0.15, -0.1) is 0 Å². The van der Waals surface area contributed by atoms with Crippen LogP contribution in [0.25, 0.3) is 0 Å². The summed E-state index contributed by atoms with van der Waals surface area (Å²) in [6.07, 6.45) is 1.82. The first kappa shape index (κ1) is 10.3. The number of sulfone groups is 1. The zero-order valence-electron chi connectivity index (χ0n) is 7.65. The molecule has 4 nitrogen and oxygen atoms in total. The first-order valence-corrected chi connectivity index (χ1v) is 5.89. The summed E-state index contributed by atoms with van der Waals surface area (Å²) in [5.41, 5.74) is 5.66. The quantitative estimate of drug-likeness (QED) is 0.798. The first-order chi connectivity index (χ1) is 5.95. The van der Waals surface area contributed by atoms with Crippen LogP contribution in [0, 0.1) is 0 Å². The van der Waals surface area contributed by atoms with Crippen LogP contribution in [0.1, 0.15) is 25.1 Å². The molecular formula is C8H13NO3S. The maximum Gasteiger partial charge on any atom is 0.217 e. The fourth-order valence-electron chi connectivity index (χ4n) is 0.934. The van der Waals surface area contributed by atoms with E-state index >= 15 is 0 Å². The second-order valence-electron chi connectivity index (χ2n) is 2.94. The van der Waals surface area contributed by atoms with Crippen molar-refractivity contribution in [3.63, 3.8) is 0 Å². The highest BCUT2D eigenvalue weighted by Gasteiger charge is 2.15. The van der Waals surface area contributed by atoms with Crippen molar-refractivity contribution in [2.75, 3.05) is 6.26 Å². The van der Waals surface area contributed by atoms with E-state index in [0.29, 0.717) is 5.76 Å². The van der Waals surface area contributed by atoms with E-state index < -0.39 is 9.84 Å². The van der Waals surface area contributed by atoms with E-state index in [1.54, 1.807) is 6.07 Å². The molecule has 5 heteroatoms. The van der Waals surface area contributed by atoms with Crippen LogP contribution < -0.4 is 5.73 Å². The molecule has 0 fully saturated rings. The van der Waals surface area contributed by atoms with Gasteiger partial charge < -0.3 is 10.2 Å². The Morgan fingerprint density at radius 1 is 1.54 bits per heavy atom. The van der Waals surface area contributed by atoms with Gasteiger partial charge in [-0.3, -0.25) is 0 Å². The molecule has 1 rings (SSSR count). The van der Waals surface area contributed by atoms with Crippen LogP contribution in [0.5, 0.6) is 0 Å². The average Bonchev–Trinajstić information content (AvgIpc) is 2.50. The highest BCUT2D eigenvalue weighted by atomic mass is 32.2. The van der Waals surface area contributed by atoms with E-state index in [4.69, 9.17) is 10.2 Å². The Labute approximate surface area is 77.7 Å². The third-order valence-corrected chi connectivity index (χ3v) is 2.72. The van der Waals surface area contributed by atoms with Crippen LogP contribution in [0.2, 0.25) is 0 Å². The maximum atomic E-state index is 11.0. The smallest absolute Gasteiger partial charge is 0.217 e. The molecule has 0 aliphatic rings. The molecular weight excluding hydrogens is 190 g/mol. The van der Waals surface area contributed by atoms with E-state index in [2.05, 4.69) is 0 Å². The van der Waals surface area contributed by atoms with E-state index in [0.717, 1.165) is 12.7 Å². The fourth-order valence-corrected chi connectivity index (χ4v) is 1.50. The molecule has 0 radical (unpaired) electrons. The van der Waals surface area contributed by atoms with Gasteiger partial charge in [0.15, 0.2) is 0 Å². The number of rotatable bonds is 3. The molecule has 1 heterocycles. The largest absolute Gasteiger partial charge is 0.448 e. The molecule has 0 saturated carbocycles. The fraction of sp³-hybridized carbons (Fsp3) is 0.500. The van der Waals surface area contributed by atoms with Crippen LogP contribution in [-0.2, 0) is 9.84 Å². The number of hydrogen-bond acceptors (Lipinski definition) is 4. The molecule has 1 aromatic heterocycles. The minimum Gasteiger partial charge on any atom is -0.448 e. The summed E-state index contributed by atoms with van der Waals surface area (Å²) in [5, 5.41) is -0.0219. The summed E-state index contributed by atoms with van der Waals surface area (Å²) in [7, 11) is -3.25.